The van der Waals surface area contributed by atoms with E-state index in [0.717, 1.165) is 28.1 Å². The first-order valence-electron chi connectivity index (χ1n) is 10.00. The number of hydrogen-bond donors (Lipinski definition) is 0. The average Bonchev–Trinajstić information content (AvgIpc) is 3.21. The molecule has 1 amide bonds. The lowest BCUT2D eigenvalue weighted by Gasteiger charge is -2.21. The second kappa shape index (κ2) is 8.73. The highest BCUT2D eigenvalue weighted by atomic mass is 32.1. The summed E-state index contributed by atoms with van der Waals surface area (Å²) in [6.07, 6.45) is 1.46. The van der Waals surface area contributed by atoms with E-state index >= 15 is 0 Å². The zero-order valence-electron chi connectivity index (χ0n) is 17.7. The SMILES string of the molecule is CCN(C(=O)Cn1cnc2c(-c3ccc(OC)cc3)csc2c1=O)c1cccc(C)c1. The molecule has 7 heteroatoms. The molecule has 0 aliphatic carbocycles. The molecule has 0 N–H and O–H groups in total. The summed E-state index contributed by atoms with van der Waals surface area (Å²) >= 11 is 1.35. The van der Waals surface area contributed by atoms with Gasteiger partial charge in [0.1, 0.15) is 17.0 Å². The number of fused-ring (bicyclic) bond motifs is 1. The van der Waals surface area contributed by atoms with Crippen LogP contribution in [0, 0.1) is 6.92 Å². The van der Waals surface area contributed by atoms with Crippen molar-refractivity contribution in [3.8, 4) is 16.9 Å². The molecule has 6 nitrogen and oxygen atoms in total. The number of aromatic nitrogens is 2. The van der Waals surface area contributed by atoms with E-state index in [4.69, 9.17) is 4.74 Å². The van der Waals surface area contributed by atoms with Crippen LogP contribution in [0.1, 0.15) is 12.5 Å². The fourth-order valence-electron chi connectivity index (χ4n) is 3.56. The summed E-state index contributed by atoms with van der Waals surface area (Å²) in [5, 5.41) is 1.93. The maximum absolute atomic E-state index is 13.1. The largest absolute Gasteiger partial charge is 0.497 e. The van der Waals surface area contributed by atoms with E-state index in [1.54, 1.807) is 12.0 Å². The summed E-state index contributed by atoms with van der Waals surface area (Å²) in [5.74, 6) is 0.620. The van der Waals surface area contributed by atoms with Gasteiger partial charge >= 0.3 is 0 Å². The van der Waals surface area contributed by atoms with Crippen molar-refractivity contribution < 1.29 is 9.53 Å². The van der Waals surface area contributed by atoms with Gasteiger partial charge in [-0.05, 0) is 49.2 Å². The number of ether oxygens (including phenoxy) is 1. The van der Waals surface area contributed by atoms with Gasteiger partial charge in [0.15, 0.2) is 0 Å². The molecular weight excluding hydrogens is 410 g/mol. The predicted molar refractivity (Wildman–Crippen MR) is 125 cm³/mol. The highest BCUT2D eigenvalue weighted by Crippen LogP contribution is 2.31. The predicted octanol–water partition coefficient (Wildman–Crippen LogP) is 4.50. The van der Waals surface area contributed by atoms with Crippen molar-refractivity contribution in [1.82, 2.24) is 9.55 Å². The topological polar surface area (TPSA) is 64.4 Å². The molecular formula is C24H23N3O3S. The molecule has 4 rings (SSSR count). The molecule has 0 aliphatic heterocycles. The number of amides is 1. The van der Waals surface area contributed by atoms with E-state index in [9.17, 15) is 9.59 Å². The van der Waals surface area contributed by atoms with Gasteiger partial charge in [-0.25, -0.2) is 4.98 Å². The molecule has 0 spiro atoms. The summed E-state index contributed by atoms with van der Waals surface area (Å²) in [6, 6.07) is 15.4. The molecule has 0 radical (unpaired) electrons. The van der Waals surface area contributed by atoms with Crippen LogP contribution in [-0.4, -0.2) is 29.1 Å². The lowest BCUT2D eigenvalue weighted by Crippen LogP contribution is -2.36. The number of benzene rings is 2. The number of carbonyl (C=O) groups excluding carboxylic acids is 1. The molecule has 0 atom stereocenters. The number of likely N-dealkylation sites (N-methyl/N-ethyl adjacent to an activating group) is 1. The fourth-order valence-corrected chi connectivity index (χ4v) is 4.54. The average molecular weight is 434 g/mol. The van der Waals surface area contributed by atoms with Crippen LogP contribution in [0.25, 0.3) is 21.3 Å². The minimum absolute atomic E-state index is 0.0562. The van der Waals surface area contributed by atoms with E-state index in [1.807, 2.05) is 67.8 Å². The number of rotatable bonds is 6. The molecule has 0 saturated carbocycles. The van der Waals surface area contributed by atoms with Crippen molar-refractivity contribution in [2.45, 2.75) is 20.4 Å². The quantitative estimate of drug-likeness (QED) is 0.449. The number of hydrogen-bond acceptors (Lipinski definition) is 5. The van der Waals surface area contributed by atoms with Crippen LogP contribution in [0.3, 0.4) is 0 Å². The van der Waals surface area contributed by atoms with E-state index in [0.29, 0.717) is 16.8 Å². The number of thiophene rings is 1. The monoisotopic (exact) mass is 433 g/mol. The Balaban J connectivity index is 1.64. The molecule has 158 valence electrons. The maximum Gasteiger partial charge on any atom is 0.271 e. The molecule has 31 heavy (non-hydrogen) atoms. The Morgan fingerprint density at radius 3 is 2.65 bits per heavy atom. The number of methoxy groups -OCH3 is 1. The van der Waals surface area contributed by atoms with Gasteiger partial charge in [-0.3, -0.25) is 14.2 Å². The first-order valence-corrected chi connectivity index (χ1v) is 10.9. The minimum atomic E-state index is -0.205. The van der Waals surface area contributed by atoms with Gasteiger partial charge in [0.05, 0.1) is 19.0 Å². The van der Waals surface area contributed by atoms with Gasteiger partial charge < -0.3 is 9.64 Å². The van der Waals surface area contributed by atoms with Crippen LogP contribution in [0.5, 0.6) is 5.75 Å². The van der Waals surface area contributed by atoms with Crippen molar-refractivity contribution in [2.24, 2.45) is 0 Å². The number of anilines is 1. The molecule has 0 saturated heterocycles. The zero-order chi connectivity index (χ0) is 22.0. The van der Waals surface area contributed by atoms with E-state index < -0.39 is 0 Å². The third kappa shape index (κ3) is 4.09. The normalized spacial score (nSPS) is 10.9. The Labute approximate surface area is 184 Å². The van der Waals surface area contributed by atoms with Gasteiger partial charge in [-0.15, -0.1) is 11.3 Å². The summed E-state index contributed by atoms with van der Waals surface area (Å²) in [7, 11) is 1.62. The molecule has 2 aromatic carbocycles. The highest BCUT2D eigenvalue weighted by molar-refractivity contribution is 7.17. The molecule has 2 aromatic heterocycles. The van der Waals surface area contributed by atoms with Crippen LogP contribution in [0.4, 0.5) is 5.69 Å². The van der Waals surface area contributed by atoms with Crippen LogP contribution >= 0.6 is 11.3 Å². The van der Waals surface area contributed by atoms with Crippen LogP contribution < -0.4 is 15.2 Å². The Morgan fingerprint density at radius 2 is 1.97 bits per heavy atom. The van der Waals surface area contributed by atoms with Gasteiger partial charge in [-0.1, -0.05) is 24.3 Å². The molecule has 2 heterocycles. The van der Waals surface area contributed by atoms with Gasteiger partial charge in [0.25, 0.3) is 5.56 Å². The van der Waals surface area contributed by atoms with Crippen molar-refractivity contribution in [1.29, 1.82) is 0 Å². The first-order chi connectivity index (χ1) is 15.0. The van der Waals surface area contributed by atoms with Gasteiger partial charge in [0, 0.05) is 23.2 Å². The smallest absolute Gasteiger partial charge is 0.271 e. The van der Waals surface area contributed by atoms with Crippen molar-refractivity contribution in [2.75, 3.05) is 18.6 Å². The lowest BCUT2D eigenvalue weighted by molar-refractivity contribution is -0.119. The van der Waals surface area contributed by atoms with Crippen LogP contribution in [0.15, 0.2) is 65.0 Å². The second-order valence-corrected chi connectivity index (χ2v) is 8.09. The van der Waals surface area contributed by atoms with E-state index in [-0.39, 0.29) is 18.0 Å². The first kappa shape index (κ1) is 20.8. The van der Waals surface area contributed by atoms with Gasteiger partial charge in [0.2, 0.25) is 5.91 Å². The maximum atomic E-state index is 13.1. The van der Waals surface area contributed by atoms with Crippen molar-refractivity contribution in [3.63, 3.8) is 0 Å². The highest BCUT2D eigenvalue weighted by Gasteiger charge is 2.18. The van der Waals surface area contributed by atoms with Crippen LogP contribution in [0.2, 0.25) is 0 Å². The summed E-state index contributed by atoms with van der Waals surface area (Å²) < 4.78 is 7.14. The summed E-state index contributed by atoms with van der Waals surface area (Å²) in [5.41, 5.74) is 4.21. The summed E-state index contributed by atoms with van der Waals surface area (Å²) in [6.45, 7) is 4.37. The van der Waals surface area contributed by atoms with Crippen molar-refractivity contribution >= 4 is 33.1 Å². The van der Waals surface area contributed by atoms with Gasteiger partial charge in [-0.2, -0.15) is 0 Å². The number of carbonyl (C=O) groups is 1. The fraction of sp³-hybridized carbons (Fsp3) is 0.208. The summed E-state index contributed by atoms with van der Waals surface area (Å²) in [4.78, 5) is 32.2. The second-order valence-electron chi connectivity index (χ2n) is 7.21. The lowest BCUT2D eigenvalue weighted by atomic mass is 10.1. The molecule has 0 bridgehead atoms. The van der Waals surface area contributed by atoms with Crippen LogP contribution in [-0.2, 0) is 11.3 Å². The standard InChI is InChI=1S/C24H23N3O3S/c1-4-27(18-7-5-6-16(2)12-18)21(28)13-26-15-25-22-20(14-31-23(22)24(26)29)17-8-10-19(30-3)11-9-17/h5-12,14-15H,4,13H2,1-3H3. The van der Waals surface area contributed by atoms with Crippen molar-refractivity contribution in [3.05, 3.63) is 76.2 Å². The third-order valence-corrected chi connectivity index (χ3v) is 6.14. The number of aryl methyl sites for hydroxylation is 1. The molecule has 0 fully saturated rings. The molecule has 0 unspecified atom stereocenters. The Morgan fingerprint density at radius 1 is 1.19 bits per heavy atom. The Bertz CT molecular complexity index is 1290. The van der Waals surface area contributed by atoms with E-state index in [2.05, 4.69) is 4.98 Å². The Kier molecular flexibility index (Phi) is 5.86. The third-order valence-electron chi connectivity index (χ3n) is 5.18. The minimum Gasteiger partial charge on any atom is -0.497 e. The molecule has 0 aliphatic rings. The zero-order valence-corrected chi connectivity index (χ0v) is 18.5. The Hall–Kier alpha value is -3.45. The van der Waals surface area contributed by atoms with E-state index in [1.165, 1.54) is 22.2 Å². The molecule has 4 aromatic rings. The number of nitrogens with zero attached hydrogens (tertiary/aromatic N) is 3.